The van der Waals surface area contributed by atoms with E-state index in [0.717, 1.165) is 27.6 Å². The summed E-state index contributed by atoms with van der Waals surface area (Å²) >= 11 is 0. The first-order valence-electron chi connectivity index (χ1n) is 11.5. The first kappa shape index (κ1) is 22.2. The van der Waals surface area contributed by atoms with Crippen molar-refractivity contribution in [2.45, 2.75) is 6.61 Å². The minimum Gasteiger partial charge on any atom is -0.488 e. The van der Waals surface area contributed by atoms with Crippen molar-refractivity contribution in [1.29, 1.82) is 0 Å². The average Bonchev–Trinajstić information content (AvgIpc) is 2.91. The van der Waals surface area contributed by atoms with Crippen LogP contribution in [-0.4, -0.2) is 18.7 Å². The van der Waals surface area contributed by atoms with Crippen LogP contribution in [0.4, 0.5) is 5.69 Å². The molecule has 0 atom stereocenters. The Morgan fingerprint density at radius 2 is 1.40 bits per heavy atom. The van der Waals surface area contributed by atoms with Crippen LogP contribution in [0.2, 0.25) is 0 Å². The van der Waals surface area contributed by atoms with Crippen LogP contribution in [0.25, 0.3) is 21.5 Å². The number of carbonyl (C=O) groups is 1. The molecule has 0 aliphatic carbocycles. The fraction of sp³-hybridized carbons (Fsp3) is 0.0667. The lowest BCUT2D eigenvalue weighted by atomic mass is 10.1. The van der Waals surface area contributed by atoms with Crippen molar-refractivity contribution >= 4 is 39.4 Å². The van der Waals surface area contributed by atoms with Crippen molar-refractivity contribution in [3.8, 4) is 5.75 Å². The van der Waals surface area contributed by atoms with Crippen molar-refractivity contribution < 1.29 is 9.53 Å². The Morgan fingerprint density at radius 3 is 2.26 bits per heavy atom. The minimum absolute atomic E-state index is 0.116. The molecule has 2 N–H and O–H groups in total. The third-order valence-corrected chi connectivity index (χ3v) is 5.80. The zero-order valence-corrected chi connectivity index (χ0v) is 19.1. The van der Waals surface area contributed by atoms with Gasteiger partial charge in [-0.05, 0) is 39.9 Å². The average molecular weight is 460 g/mol. The molecule has 35 heavy (non-hydrogen) atoms. The van der Waals surface area contributed by atoms with Gasteiger partial charge in [0.1, 0.15) is 12.4 Å². The van der Waals surface area contributed by atoms with Gasteiger partial charge >= 0.3 is 0 Å². The molecule has 0 aliphatic rings. The molecule has 0 spiro atoms. The first-order chi connectivity index (χ1) is 17.3. The summed E-state index contributed by atoms with van der Waals surface area (Å²) in [6, 6.07) is 36.1. The second kappa shape index (κ2) is 10.5. The van der Waals surface area contributed by atoms with E-state index >= 15 is 0 Å². The van der Waals surface area contributed by atoms with Gasteiger partial charge in [0.2, 0.25) is 0 Å². The zero-order chi connectivity index (χ0) is 23.9. The Labute approximate surface area is 204 Å². The van der Waals surface area contributed by atoms with Crippen LogP contribution in [0.5, 0.6) is 5.75 Å². The first-order valence-corrected chi connectivity index (χ1v) is 11.5. The van der Waals surface area contributed by atoms with Crippen LogP contribution in [-0.2, 0) is 11.4 Å². The quantitative estimate of drug-likeness (QED) is 0.217. The summed E-state index contributed by atoms with van der Waals surface area (Å²) in [7, 11) is 0. The second-order valence-corrected chi connectivity index (χ2v) is 8.14. The summed E-state index contributed by atoms with van der Waals surface area (Å²) in [5.41, 5.74) is 5.40. The summed E-state index contributed by atoms with van der Waals surface area (Å²) in [4.78, 5) is 12.3. The Balaban J connectivity index is 1.20. The molecule has 0 aliphatic heterocycles. The highest BCUT2D eigenvalue weighted by molar-refractivity contribution is 5.95. The van der Waals surface area contributed by atoms with Crippen molar-refractivity contribution in [2.24, 2.45) is 5.10 Å². The monoisotopic (exact) mass is 459 g/mol. The molecule has 0 bridgehead atoms. The van der Waals surface area contributed by atoms with Gasteiger partial charge in [0.05, 0.1) is 12.8 Å². The van der Waals surface area contributed by atoms with E-state index < -0.39 is 0 Å². The number of hydrogen-bond acceptors (Lipinski definition) is 4. The number of rotatable bonds is 8. The molecule has 5 nitrogen and oxygen atoms in total. The number of nitrogens with one attached hydrogen (secondary N) is 2. The highest BCUT2D eigenvalue weighted by atomic mass is 16.5. The summed E-state index contributed by atoms with van der Waals surface area (Å²) in [6.45, 7) is 0.554. The van der Waals surface area contributed by atoms with Gasteiger partial charge in [0.15, 0.2) is 0 Å². The molecule has 0 unspecified atom stereocenters. The fourth-order valence-corrected chi connectivity index (χ4v) is 4.06. The summed E-state index contributed by atoms with van der Waals surface area (Å²) in [5.74, 6) is 0.468. The van der Waals surface area contributed by atoms with Crippen molar-refractivity contribution in [2.75, 3.05) is 11.9 Å². The molecular formula is C30H25N3O2. The summed E-state index contributed by atoms with van der Waals surface area (Å²) in [6.07, 6.45) is 1.61. The number of hydrogen-bond donors (Lipinski definition) is 2. The van der Waals surface area contributed by atoms with Gasteiger partial charge in [-0.1, -0.05) is 91.0 Å². The lowest BCUT2D eigenvalue weighted by molar-refractivity contribution is -0.119. The molecule has 5 aromatic rings. The zero-order valence-electron chi connectivity index (χ0n) is 19.1. The predicted octanol–water partition coefficient (Wildman–Crippen LogP) is 6.13. The van der Waals surface area contributed by atoms with Gasteiger partial charge in [-0.2, -0.15) is 5.10 Å². The van der Waals surface area contributed by atoms with Crippen LogP contribution < -0.4 is 15.5 Å². The van der Waals surface area contributed by atoms with E-state index in [1.807, 2.05) is 84.9 Å². The van der Waals surface area contributed by atoms with Crippen LogP contribution >= 0.6 is 0 Å². The number of para-hydroxylation sites is 1. The van der Waals surface area contributed by atoms with E-state index in [0.29, 0.717) is 12.4 Å². The van der Waals surface area contributed by atoms with Gasteiger partial charge in [0, 0.05) is 16.6 Å². The Kier molecular flexibility index (Phi) is 6.67. The highest BCUT2D eigenvalue weighted by Crippen LogP contribution is 2.23. The minimum atomic E-state index is -0.233. The second-order valence-electron chi connectivity index (χ2n) is 8.14. The van der Waals surface area contributed by atoms with Crippen molar-refractivity contribution in [1.82, 2.24) is 5.43 Å². The third kappa shape index (κ3) is 5.31. The number of benzene rings is 5. The maximum atomic E-state index is 12.3. The fourth-order valence-electron chi connectivity index (χ4n) is 4.06. The van der Waals surface area contributed by atoms with Crippen LogP contribution in [0, 0.1) is 0 Å². The van der Waals surface area contributed by atoms with E-state index in [2.05, 4.69) is 40.1 Å². The van der Waals surface area contributed by atoms with Gasteiger partial charge < -0.3 is 10.1 Å². The van der Waals surface area contributed by atoms with Crippen LogP contribution in [0.1, 0.15) is 11.1 Å². The van der Waals surface area contributed by atoms with Crippen LogP contribution in [0.15, 0.2) is 114 Å². The molecule has 0 aromatic heterocycles. The molecule has 5 rings (SSSR count). The van der Waals surface area contributed by atoms with Crippen molar-refractivity contribution in [3.63, 3.8) is 0 Å². The normalized spacial score (nSPS) is 11.1. The number of fused-ring (bicyclic) bond motifs is 2. The lowest BCUT2D eigenvalue weighted by Crippen LogP contribution is -2.26. The SMILES string of the molecule is O=C(CNc1cccc2ccccc12)N/N=C\c1ccccc1OCc1cccc2ccccc12. The molecule has 5 aromatic carbocycles. The van der Waals surface area contributed by atoms with Crippen molar-refractivity contribution in [3.05, 3.63) is 120 Å². The molecular weight excluding hydrogens is 434 g/mol. The molecule has 172 valence electrons. The van der Waals surface area contributed by atoms with Gasteiger partial charge in [-0.3, -0.25) is 4.79 Å². The van der Waals surface area contributed by atoms with Gasteiger partial charge in [-0.25, -0.2) is 5.43 Å². The topological polar surface area (TPSA) is 62.7 Å². The van der Waals surface area contributed by atoms with Crippen LogP contribution in [0.3, 0.4) is 0 Å². The number of nitrogens with zero attached hydrogens (tertiary/aromatic N) is 1. The number of carbonyl (C=O) groups excluding carboxylic acids is 1. The van der Waals surface area contributed by atoms with E-state index in [4.69, 9.17) is 4.74 Å². The number of amides is 1. The van der Waals surface area contributed by atoms with Gasteiger partial charge in [-0.15, -0.1) is 0 Å². The maximum absolute atomic E-state index is 12.3. The molecule has 1 amide bonds. The maximum Gasteiger partial charge on any atom is 0.259 e. The smallest absolute Gasteiger partial charge is 0.259 e. The highest BCUT2D eigenvalue weighted by Gasteiger charge is 2.06. The molecule has 0 radical (unpaired) electrons. The Hall–Kier alpha value is -4.64. The molecule has 5 heteroatoms. The number of hydrazone groups is 1. The van der Waals surface area contributed by atoms with E-state index in [9.17, 15) is 4.79 Å². The predicted molar refractivity (Wildman–Crippen MR) is 143 cm³/mol. The van der Waals surface area contributed by atoms with E-state index in [1.54, 1.807) is 6.21 Å². The van der Waals surface area contributed by atoms with E-state index in [1.165, 1.54) is 10.8 Å². The summed E-state index contributed by atoms with van der Waals surface area (Å²) < 4.78 is 6.12. The molecule has 0 fully saturated rings. The molecule has 0 saturated carbocycles. The third-order valence-electron chi connectivity index (χ3n) is 5.80. The standard InChI is InChI=1S/C30H25N3O2/c34-30(20-31-28-17-8-13-23-10-2-5-16-27(23)28)33-32-19-24-11-3-6-18-29(24)35-21-25-14-7-12-22-9-1-4-15-26(22)25/h1-19,31H,20-21H2,(H,33,34)/b32-19-. The largest absolute Gasteiger partial charge is 0.488 e. The summed E-state index contributed by atoms with van der Waals surface area (Å²) in [5, 5.41) is 11.9. The Bertz CT molecular complexity index is 1500. The van der Waals surface area contributed by atoms with E-state index in [-0.39, 0.29) is 12.5 Å². The number of ether oxygens (including phenoxy) is 1. The Morgan fingerprint density at radius 1 is 0.743 bits per heavy atom. The number of anilines is 1. The molecule has 0 heterocycles. The lowest BCUT2D eigenvalue weighted by Gasteiger charge is -2.11. The molecule has 0 saturated heterocycles. The van der Waals surface area contributed by atoms with Gasteiger partial charge in [0.25, 0.3) is 5.91 Å².